The fourth-order valence-electron chi connectivity index (χ4n) is 2.56. The molecule has 2 aromatic carbocycles. The maximum absolute atomic E-state index is 12.0. The predicted octanol–water partition coefficient (Wildman–Crippen LogP) is 3.46. The van der Waals surface area contributed by atoms with Crippen molar-refractivity contribution in [3.8, 4) is 0 Å². The molecule has 2 aromatic rings. The number of carbonyl (C=O) groups is 2. The minimum absolute atomic E-state index is 0.125. The fourth-order valence-corrected chi connectivity index (χ4v) is 2.56. The third-order valence-corrected chi connectivity index (χ3v) is 3.87. The summed E-state index contributed by atoms with van der Waals surface area (Å²) in [7, 11) is 0. The third-order valence-electron chi connectivity index (χ3n) is 3.87. The SMILES string of the molecule is O=C(C=Cc1ccccc1)Nc1ccc(NC(=O)C2CCCO2)cc1. The highest BCUT2D eigenvalue weighted by Gasteiger charge is 2.23. The van der Waals surface area contributed by atoms with Crippen molar-refractivity contribution in [2.45, 2.75) is 18.9 Å². The second-order valence-corrected chi connectivity index (χ2v) is 5.80. The van der Waals surface area contributed by atoms with E-state index in [1.54, 1.807) is 30.3 Å². The van der Waals surface area contributed by atoms with E-state index < -0.39 is 0 Å². The van der Waals surface area contributed by atoms with Crippen molar-refractivity contribution in [1.29, 1.82) is 0 Å². The average molecular weight is 336 g/mol. The zero-order valence-electron chi connectivity index (χ0n) is 13.8. The second-order valence-electron chi connectivity index (χ2n) is 5.80. The molecule has 1 saturated heterocycles. The van der Waals surface area contributed by atoms with Crippen LogP contribution in [0.5, 0.6) is 0 Å². The normalized spacial score (nSPS) is 16.7. The number of benzene rings is 2. The van der Waals surface area contributed by atoms with Gasteiger partial charge >= 0.3 is 0 Å². The summed E-state index contributed by atoms with van der Waals surface area (Å²) in [5, 5.41) is 5.61. The van der Waals surface area contributed by atoms with Crippen LogP contribution in [-0.4, -0.2) is 24.5 Å². The van der Waals surface area contributed by atoms with E-state index in [1.807, 2.05) is 30.3 Å². The first kappa shape index (κ1) is 16.9. The van der Waals surface area contributed by atoms with E-state index in [9.17, 15) is 9.59 Å². The van der Waals surface area contributed by atoms with Crippen LogP contribution in [0.2, 0.25) is 0 Å². The van der Waals surface area contributed by atoms with Gasteiger partial charge in [-0.1, -0.05) is 30.3 Å². The quantitative estimate of drug-likeness (QED) is 0.822. The van der Waals surface area contributed by atoms with Gasteiger partial charge in [-0.15, -0.1) is 0 Å². The van der Waals surface area contributed by atoms with E-state index in [1.165, 1.54) is 6.08 Å². The van der Waals surface area contributed by atoms with Crippen molar-refractivity contribution in [2.75, 3.05) is 17.2 Å². The summed E-state index contributed by atoms with van der Waals surface area (Å²) < 4.78 is 5.35. The van der Waals surface area contributed by atoms with Crippen molar-refractivity contribution in [3.05, 3.63) is 66.2 Å². The Kier molecular flexibility index (Phi) is 5.59. The van der Waals surface area contributed by atoms with Crippen LogP contribution in [0.4, 0.5) is 11.4 Å². The molecule has 2 N–H and O–H groups in total. The van der Waals surface area contributed by atoms with Crippen LogP contribution in [0.1, 0.15) is 18.4 Å². The third kappa shape index (κ3) is 5.02. The molecular weight excluding hydrogens is 316 g/mol. The first-order valence-corrected chi connectivity index (χ1v) is 8.27. The largest absolute Gasteiger partial charge is 0.368 e. The molecule has 5 nitrogen and oxygen atoms in total. The maximum Gasteiger partial charge on any atom is 0.253 e. The van der Waals surface area contributed by atoms with Crippen LogP contribution in [-0.2, 0) is 14.3 Å². The van der Waals surface area contributed by atoms with Crippen molar-refractivity contribution >= 4 is 29.3 Å². The number of hydrogen-bond acceptors (Lipinski definition) is 3. The Labute approximate surface area is 146 Å². The zero-order chi connectivity index (χ0) is 17.5. The average Bonchev–Trinajstić information content (AvgIpc) is 3.17. The number of amides is 2. The summed E-state index contributed by atoms with van der Waals surface area (Å²) in [6.45, 7) is 0.638. The first-order chi connectivity index (χ1) is 12.2. The van der Waals surface area contributed by atoms with Gasteiger partial charge in [0.2, 0.25) is 5.91 Å². The lowest BCUT2D eigenvalue weighted by Crippen LogP contribution is -2.26. The van der Waals surface area contributed by atoms with Crippen molar-refractivity contribution < 1.29 is 14.3 Å². The molecule has 3 rings (SSSR count). The van der Waals surface area contributed by atoms with Gasteiger partial charge < -0.3 is 15.4 Å². The molecule has 1 unspecified atom stereocenters. The number of ether oxygens (including phenoxy) is 1. The fraction of sp³-hybridized carbons (Fsp3) is 0.200. The smallest absolute Gasteiger partial charge is 0.253 e. The number of rotatable bonds is 5. The Morgan fingerprint density at radius 2 is 1.64 bits per heavy atom. The highest BCUT2D eigenvalue weighted by Crippen LogP contribution is 2.17. The Bertz CT molecular complexity index is 748. The molecule has 0 bridgehead atoms. The molecule has 0 aromatic heterocycles. The number of carbonyl (C=O) groups excluding carboxylic acids is 2. The van der Waals surface area contributed by atoms with Gasteiger partial charge in [-0.2, -0.15) is 0 Å². The molecule has 1 heterocycles. The van der Waals surface area contributed by atoms with E-state index in [2.05, 4.69) is 10.6 Å². The van der Waals surface area contributed by atoms with E-state index in [0.717, 1.165) is 18.4 Å². The molecule has 0 spiro atoms. The van der Waals surface area contributed by atoms with Gasteiger partial charge in [0.05, 0.1) is 0 Å². The van der Waals surface area contributed by atoms with Gasteiger partial charge in [0, 0.05) is 24.1 Å². The minimum atomic E-state index is -0.359. The molecular formula is C20H20N2O3. The molecule has 128 valence electrons. The van der Waals surface area contributed by atoms with Gasteiger partial charge in [0.15, 0.2) is 0 Å². The molecule has 1 aliphatic rings. The Balaban J connectivity index is 1.52. The van der Waals surface area contributed by atoms with Crippen LogP contribution >= 0.6 is 0 Å². The minimum Gasteiger partial charge on any atom is -0.368 e. The van der Waals surface area contributed by atoms with Crippen molar-refractivity contribution in [2.24, 2.45) is 0 Å². The van der Waals surface area contributed by atoms with Crippen LogP contribution in [0.3, 0.4) is 0 Å². The van der Waals surface area contributed by atoms with Crippen molar-refractivity contribution in [1.82, 2.24) is 0 Å². The Hall–Kier alpha value is -2.92. The van der Waals surface area contributed by atoms with E-state index in [-0.39, 0.29) is 17.9 Å². The summed E-state index contributed by atoms with van der Waals surface area (Å²) in [6.07, 6.45) is 4.56. The predicted molar refractivity (Wildman–Crippen MR) is 98.2 cm³/mol. The Morgan fingerprint density at radius 3 is 2.28 bits per heavy atom. The van der Waals surface area contributed by atoms with Gasteiger partial charge in [-0.05, 0) is 48.7 Å². The summed E-state index contributed by atoms with van der Waals surface area (Å²) >= 11 is 0. The lowest BCUT2D eigenvalue weighted by molar-refractivity contribution is -0.124. The molecule has 25 heavy (non-hydrogen) atoms. The van der Waals surface area contributed by atoms with Crippen LogP contribution in [0.25, 0.3) is 6.08 Å². The molecule has 5 heteroatoms. The number of nitrogens with one attached hydrogen (secondary N) is 2. The maximum atomic E-state index is 12.0. The summed E-state index contributed by atoms with van der Waals surface area (Å²) in [6, 6.07) is 16.6. The number of hydrogen-bond donors (Lipinski definition) is 2. The van der Waals surface area contributed by atoms with E-state index in [4.69, 9.17) is 4.74 Å². The van der Waals surface area contributed by atoms with Gasteiger partial charge in [0.1, 0.15) is 6.10 Å². The van der Waals surface area contributed by atoms with E-state index in [0.29, 0.717) is 18.0 Å². The topological polar surface area (TPSA) is 67.4 Å². The monoisotopic (exact) mass is 336 g/mol. The first-order valence-electron chi connectivity index (χ1n) is 8.27. The van der Waals surface area contributed by atoms with Gasteiger partial charge in [-0.25, -0.2) is 0 Å². The molecule has 2 amide bonds. The molecule has 0 aliphatic carbocycles. The van der Waals surface area contributed by atoms with Gasteiger partial charge in [-0.3, -0.25) is 9.59 Å². The standard InChI is InChI=1S/C20H20N2O3/c23-19(13-8-15-5-2-1-3-6-15)21-16-9-11-17(12-10-16)22-20(24)18-7-4-14-25-18/h1-3,5-6,8-13,18H,4,7,14H2,(H,21,23)(H,22,24). The van der Waals surface area contributed by atoms with Crippen LogP contribution < -0.4 is 10.6 Å². The zero-order valence-corrected chi connectivity index (χ0v) is 13.8. The van der Waals surface area contributed by atoms with Crippen molar-refractivity contribution in [3.63, 3.8) is 0 Å². The lowest BCUT2D eigenvalue weighted by Gasteiger charge is -2.11. The summed E-state index contributed by atoms with van der Waals surface area (Å²) in [5.74, 6) is -0.333. The van der Waals surface area contributed by atoms with Crippen LogP contribution in [0.15, 0.2) is 60.7 Å². The van der Waals surface area contributed by atoms with E-state index >= 15 is 0 Å². The molecule has 1 fully saturated rings. The molecule has 0 saturated carbocycles. The molecule has 1 atom stereocenters. The second kappa shape index (κ2) is 8.26. The summed E-state index contributed by atoms with van der Waals surface area (Å²) in [5.41, 5.74) is 2.31. The highest BCUT2D eigenvalue weighted by molar-refractivity contribution is 6.02. The summed E-state index contributed by atoms with van der Waals surface area (Å²) in [4.78, 5) is 23.9. The number of anilines is 2. The lowest BCUT2D eigenvalue weighted by atomic mass is 10.2. The molecule has 1 aliphatic heterocycles. The van der Waals surface area contributed by atoms with Gasteiger partial charge in [0.25, 0.3) is 5.91 Å². The van der Waals surface area contributed by atoms with Crippen LogP contribution in [0, 0.1) is 0 Å². The molecule has 0 radical (unpaired) electrons. The Morgan fingerprint density at radius 1 is 0.960 bits per heavy atom. The highest BCUT2D eigenvalue weighted by atomic mass is 16.5.